The lowest BCUT2D eigenvalue weighted by Gasteiger charge is -2.28. The van der Waals surface area contributed by atoms with Crippen LogP contribution in [0.4, 0.5) is 18.9 Å². The molecule has 21 heavy (non-hydrogen) atoms. The van der Waals surface area contributed by atoms with Crippen LogP contribution in [0, 0.1) is 11.8 Å². The second-order valence-corrected chi connectivity index (χ2v) is 5.45. The van der Waals surface area contributed by atoms with Gasteiger partial charge in [-0.1, -0.05) is 12.8 Å². The van der Waals surface area contributed by atoms with E-state index in [4.69, 9.17) is 0 Å². The SMILES string of the molecule is O=C(O)C1CCCCC1CNc1ccc(C(F)(F)F)cc1. The first kappa shape index (κ1) is 15.7. The number of hydrogen-bond donors (Lipinski definition) is 2. The Kier molecular flexibility index (Phi) is 4.75. The first-order valence-corrected chi connectivity index (χ1v) is 7.02. The highest BCUT2D eigenvalue weighted by Gasteiger charge is 2.31. The topological polar surface area (TPSA) is 49.3 Å². The molecule has 2 rings (SSSR count). The largest absolute Gasteiger partial charge is 0.481 e. The normalized spacial score (nSPS) is 22.8. The molecule has 6 heteroatoms. The van der Waals surface area contributed by atoms with E-state index < -0.39 is 17.7 Å². The Morgan fingerprint density at radius 3 is 2.38 bits per heavy atom. The van der Waals surface area contributed by atoms with Crippen molar-refractivity contribution >= 4 is 11.7 Å². The number of rotatable bonds is 4. The molecule has 116 valence electrons. The molecule has 0 saturated heterocycles. The van der Waals surface area contributed by atoms with Gasteiger partial charge in [-0.3, -0.25) is 4.79 Å². The molecule has 0 aromatic heterocycles. The fraction of sp³-hybridized carbons (Fsp3) is 0.533. The summed E-state index contributed by atoms with van der Waals surface area (Å²) in [5.74, 6) is -1.12. The molecule has 2 unspecified atom stereocenters. The van der Waals surface area contributed by atoms with E-state index in [1.807, 2.05) is 0 Å². The summed E-state index contributed by atoms with van der Waals surface area (Å²) in [6.07, 6.45) is -0.896. The molecule has 3 nitrogen and oxygen atoms in total. The highest BCUT2D eigenvalue weighted by molar-refractivity contribution is 5.70. The number of benzene rings is 1. The van der Waals surface area contributed by atoms with Gasteiger partial charge < -0.3 is 10.4 Å². The van der Waals surface area contributed by atoms with E-state index in [1.54, 1.807) is 0 Å². The van der Waals surface area contributed by atoms with Crippen molar-refractivity contribution < 1.29 is 23.1 Å². The zero-order chi connectivity index (χ0) is 15.5. The Bertz CT molecular complexity index is 485. The van der Waals surface area contributed by atoms with E-state index >= 15 is 0 Å². The minimum Gasteiger partial charge on any atom is -0.481 e. The molecule has 1 aliphatic rings. The number of halogens is 3. The Balaban J connectivity index is 1.94. The fourth-order valence-electron chi connectivity index (χ4n) is 2.80. The quantitative estimate of drug-likeness (QED) is 0.883. The minimum atomic E-state index is -4.34. The van der Waals surface area contributed by atoms with Crippen molar-refractivity contribution in [2.75, 3.05) is 11.9 Å². The third kappa shape index (κ3) is 4.12. The van der Waals surface area contributed by atoms with Gasteiger partial charge in [-0.2, -0.15) is 13.2 Å². The highest BCUT2D eigenvalue weighted by Crippen LogP contribution is 2.32. The number of alkyl halides is 3. The van der Waals surface area contributed by atoms with Crippen molar-refractivity contribution in [2.45, 2.75) is 31.9 Å². The Morgan fingerprint density at radius 1 is 1.19 bits per heavy atom. The molecule has 0 bridgehead atoms. The summed E-state index contributed by atoms with van der Waals surface area (Å²) < 4.78 is 37.4. The lowest BCUT2D eigenvalue weighted by Crippen LogP contribution is -2.31. The standard InChI is InChI=1S/C15H18F3NO2/c16-15(17,18)11-5-7-12(8-6-11)19-9-10-3-1-2-4-13(10)14(20)21/h5-8,10,13,19H,1-4,9H2,(H,20,21). The molecule has 0 heterocycles. The summed E-state index contributed by atoms with van der Waals surface area (Å²) in [7, 11) is 0. The number of hydrogen-bond acceptors (Lipinski definition) is 2. The molecular formula is C15H18F3NO2. The monoisotopic (exact) mass is 301 g/mol. The van der Waals surface area contributed by atoms with Crippen molar-refractivity contribution in [2.24, 2.45) is 11.8 Å². The van der Waals surface area contributed by atoms with Crippen LogP contribution in [0.1, 0.15) is 31.2 Å². The van der Waals surface area contributed by atoms with E-state index in [-0.39, 0.29) is 11.8 Å². The Morgan fingerprint density at radius 2 is 1.81 bits per heavy atom. The van der Waals surface area contributed by atoms with Gasteiger partial charge in [0.1, 0.15) is 0 Å². The van der Waals surface area contributed by atoms with E-state index in [1.165, 1.54) is 12.1 Å². The van der Waals surface area contributed by atoms with Gasteiger partial charge in [0.05, 0.1) is 11.5 Å². The van der Waals surface area contributed by atoms with Crippen LogP contribution in [-0.4, -0.2) is 17.6 Å². The van der Waals surface area contributed by atoms with Crippen LogP contribution < -0.4 is 5.32 Å². The second kappa shape index (κ2) is 6.37. The molecule has 0 radical (unpaired) electrons. The van der Waals surface area contributed by atoms with E-state index in [0.717, 1.165) is 31.4 Å². The summed E-state index contributed by atoms with van der Waals surface area (Å²) in [5, 5.41) is 12.2. The van der Waals surface area contributed by atoms with Gasteiger partial charge in [-0.05, 0) is 43.0 Å². The second-order valence-electron chi connectivity index (χ2n) is 5.45. The van der Waals surface area contributed by atoms with Gasteiger partial charge in [0, 0.05) is 12.2 Å². The zero-order valence-corrected chi connectivity index (χ0v) is 11.5. The molecule has 1 aromatic carbocycles. The maximum absolute atomic E-state index is 12.5. The molecular weight excluding hydrogens is 283 g/mol. The molecule has 2 atom stereocenters. The third-order valence-electron chi connectivity index (χ3n) is 4.01. The summed E-state index contributed by atoms with van der Waals surface area (Å²) in [6, 6.07) is 4.80. The van der Waals surface area contributed by atoms with Gasteiger partial charge in [-0.15, -0.1) is 0 Å². The van der Waals surface area contributed by atoms with Crippen LogP contribution in [0.15, 0.2) is 24.3 Å². The highest BCUT2D eigenvalue weighted by atomic mass is 19.4. The Labute approximate surface area is 121 Å². The first-order valence-electron chi connectivity index (χ1n) is 7.02. The van der Waals surface area contributed by atoms with Gasteiger partial charge in [0.15, 0.2) is 0 Å². The molecule has 1 aromatic rings. The zero-order valence-electron chi connectivity index (χ0n) is 11.5. The predicted octanol–water partition coefficient (Wildman–Crippen LogP) is 4.01. The van der Waals surface area contributed by atoms with E-state index in [0.29, 0.717) is 18.7 Å². The lowest BCUT2D eigenvalue weighted by atomic mass is 9.79. The van der Waals surface area contributed by atoms with Crippen LogP contribution in [0.25, 0.3) is 0 Å². The lowest BCUT2D eigenvalue weighted by molar-refractivity contribution is -0.144. The average molecular weight is 301 g/mol. The molecule has 1 saturated carbocycles. The van der Waals surface area contributed by atoms with Gasteiger partial charge >= 0.3 is 12.1 Å². The molecule has 2 N–H and O–H groups in total. The first-order chi connectivity index (χ1) is 9.88. The Hall–Kier alpha value is -1.72. The van der Waals surface area contributed by atoms with E-state index in [9.17, 15) is 23.1 Å². The van der Waals surface area contributed by atoms with Gasteiger partial charge in [-0.25, -0.2) is 0 Å². The van der Waals surface area contributed by atoms with Gasteiger partial charge in [0.25, 0.3) is 0 Å². The predicted molar refractivity (Wildman–Crippen MR) is 73.0 cm³/mol. The van der Waals surface area contributed by atoms with Crippen LogP contribution >= 0.6 is 0 Å². The minimum absolute atomic E-state index is 0.0264. The molecule has 1 aliphatic carbocycles. The van der Waals surface area contributed by atoms with Crippen LogP contribution in [0.5, 0.6) is 0 Å². The number of carboxylic acids is 1. The van der Waals surface area contributed by atoms with Gasteiger partial charge in [0.2, 0.25) is 0 Å². The van der Waals surface area contributed by atoms with Crippen molar-refractivity contribution in [3.05, 3.63) is 29.8 Å². The van der Waals surface area contributed by atoms with Crippen molar-refractivity contribution in [3.8, 4) is 0 Å². The third-order valence-corrected chi connectivity index (χ3v) is 4.01. The molecule has 1 fully saturated rings. The molecule has 0 spiro atoms. The van der Waals surface area contributed by atoms with Crippen LogP contribution in [-0.2, 0) is 11.0 Å². The maximum Gasteiger partial charge on any atom is 0.416 e. The number of carbonyl (C=O) groups is 1. The summed E-state index contributed by atoms with van der Waals surface area (Å²) >= 11 is 0. The number of carboxylic acid groups (broad SMARTS) is 1. The van der Waals surface area contributed by atoms with E-state index in [2.05, 4.69) is 5.32 Å². The summed E-state index contributed by atoms with van der Waals surface area (Å²) in [4.78, 5) is 11.2. The number of aliphatic carboxylic acids is 1. The van der Waals surface area contributed by atoms with Crippen molar-refractivity contribution in [1.82, 2.24) is 0 Å². The number of nitrogens with one attached hydrogen (secondary N) is 1. The van der Waals surface area contributed by atoms with Crippen LogP contribution in [0.2, 0.25) is 0 Å². The van der Waals surface area contributed by atoms with Crippen molar-refractivity contribution in [3.63, 3.8) is 0 Å². The average Bonchev–Trinajstić information content (AvgIpc) is 2.45. The fourth-order valence-corrected chi connectivity index (χ4v) is 2.80. The summed E-state index contributed by atoms with van der Waals surface area (Å²) in [6.45, 7) is 0.475. The molecule has 0 amide bonds. The smallest absolute Gasteiger partial charge is 0.416 e. The summed E-state index contributed by atoms with van der Waals surface area (Å²) in [5.41, 5.74) is -0.105. The van der Waals surface area contributed by atoms with Crippen LogP contribution in [0.3, 0.4) is 0 Å². The maximum atomic E-state index is 12.5. The molecule has 0 aliphatic heterocycles. The van der Waals surface area contributed by atoms with Crippen molar-refractivity contribution in [1.29, 1.82) is 0 Å². The number of anilines is 1.